The molecule has 156 valence electrons. The summed E-state index contributed by atoms with van der Waals surface area (Å²) in [7, 11) is -3.94. The van der Waals surface area contributed by atoms with Crippen molar-refractivity contribution in [1.82, 2.24) is 0 Å². The van der Waals surface area contributed by atoms with Crippen molar-refractivity contribution in [3.05, 3.63) is 90.5 Å². The molecule has 3 rings (SSSR count). The van der Waals surface area contributed by atoms with Gasteiger partial charge in [0.2, 0.25) is 0 Å². The van der Waals surface area contributed by atoms with Gasteiger partial charge in [-0.2, -0.15) is 10.2 Å². The van der Waals surface area contributed by atoms with Gasteiger partial charge in [-0.15, -0.1) is 0 Å². The fraction of sp³-hybridized carbons (Fsp3) is 0.217. The minimum absolute atomic E-state index is 0.244. The third-order valence-corrected chi connectivity index (χ3v) is 6.06. The minimum atomic E-state index is -3.94. The van der Waals surface area contributed by atoms with Crippen LogP contribution < -0.4 is 5.32 Å². The van der Waals surface area contributed by atoms with Gasteiger partial charge in [-0.3, -0.25) is 4.57 Å². The maximum Gasteiger partial charge on any atom is 0.354 e. The number of nitrogens with zero attached hydrogens (tertiary/aromatic N) is 2. The normalized spacial score (nSPS) is 14.3. The smallest absolute Gasteiger partial charge is 0.354 e. The summed E-state index contributed by atoms with van der Waals surface area (Å²) in [5.74, 6) is -0.868. The Morgan fingerprint density at radius 3 is 2.07 bits per heavy atom. The molecule has 7 heteroatoms. The maximum atomic E-state index is 13.0. The minimum Gasteiger partial charge on any atom is -0.368 e. The number of rotatable bonds is 10. The molecule has 3 aromatic carbocycles. The van der Waals surface area contributed by atoms with Crippen LogP contribution in [0.2, 0.25) is 0 Å². The third-order valence-electron chi connectivity index (χ3n) is 4.42. The zero-order chi connectivity index (χ0) is 21.2. The highest BCUT2D eigenvalue weighted by molar-refractivity contribution is 7.53. The number of anilines is 1. The summed E-state index contributed by atoms with van der Waals surface area (Å²) in [4.78, 5) is 10.6. The molecule has 2 atom stereocenters. The van der Waals surface area contributed by atoms with Crippen molar-refractivity contribution >= 4 is 24.7 Å². The van der Waals surface area contributed by atoms with Crippen LogP contribution >= 0.6 is 7.60 Å². The van der Waals surface area contributed by atoms with E-state index in [1.165, 1.54) is 0 Å². The van der Waals surface area contributed by atoms with Crippen LogP contribution in [0.15, 0.2) is 95.2 Å². The first-order valence-corrected chi connectivity index (χ1v) is 11.6. The van der Waals surface area contributed by atoms with E-state index in [0.29, 0.717) is 16.9 Å². The SMILES string of the molecule is CCCCOP(=O)(O)C(Nc1ccc(N=Nc2ccccc2)cc1)c1ccccc1. The Balaban J connectivity index is 1.75. The zero-order valence-corrected chi connectivity index (χ0v) is 17.8. The first-order chi connectivity index (χ1) is 14.6. The summed E-state index contributed by atoms with van der Waals surface area (Å²) in [6, 6.07) is 25.9. The molecule has 30 heavy (non-hydrogen) atoms. The van der Waals surface area contributed by atoms with Crippen molar-refractivity contribution in [3.63, 3.8) is 0 Å². The molecule has 0 aliphatic carbocycles. The van der Waals surface area contributed by atoms with E-state index < -0.39 is 13.4 Å². The van der Waals surface area contributed by atoms with Gasteiger partial charge in [-0.25, -0.2) is 0 Å². The van der Waals surface area contributed by atoms with E-state index in [9.17, 15) is 9.46 Å². The Morgan fingerprint density at radius 2 is 1.47 bits per heavy atom. The first-order valence-electron chi connectivity index (χ1n) is 9.94. The second-order valence-corrected chi connectivity index (χ2v) is 8.69. The lowest BCUT2D eigenvalue weighted by molar-refractivity contribution is 0.249. The number of nitrogens with one attached hydrogen (secondary N) is 1. The lowest BCUT2D eigenvalue weighted by atomic mass is 10.2. The molecule has 2 N–H and O–H groups in total. The van der Waals surface area contributed by atoms with Crippen LogP contribution in [-0.4, -0.2) is 11.5 Å². The number of azo groups is 1. The monoisotopic (exact) mass is 423 g/mol. The van der Waals surface area contributed by atoms with E-state index in [4.69, 9.17) is 4.52 Å². The molecule has 0 heterocycles. The van der Waals surface area contributed by atoms with Crippen LogP contribution in [-0.2, 0) is 9.09 Å². The lowest BCUT2D eigenvalue weighted by Crippen LogP contribution is -2.13. The van der Waals surface area contributed by atoms with Gasteiger partial charge in [0, 0.05) is 5.69 Å². The molecule has 0 aliphatic heterocycles. The van der Waals surface area contributed by atoms with Gasteiger partial charge in [0.25, 0.3) is 0 Å². The van der Waals surface area contributed by atoms with Crippen LogP contribution in [0.3, 0.4) is 0 Å². The maximum absolute atomic E-state index is 13.0. The van der Waals surface area contributed by atoms with Gasteiger partial charge in [0.15, 0.2) is 5.78 Å². The largest absolute Gasteiger partial charge is 0.368 e. The Labute approximate surface area is 177 Å². The van der Waals surface area contributed by atoms with Crippen molar-refractivity contribution in [3.8, 4) is 0 Å². The predicted molar refractivity (Wildman–Crippen MR) is 121 cm³/mol. The molecule has 0 radical (unpaired) electrons. The van der Waals surface area contributed by atoms with Crippen LogP contribution in [0.25, 0.3) is 0 Å². The molecule has 0 spiro atoms. The summed E-state index contributed by atoms with van der Waals surface area (Å²) in [6.07, 6.45) is 1.62. The second kappa shape index (κ2) is 10.8. The van der Waals surface area contributed by atoms with Crippen molar-refractivity contribution in [1.29, 1.82) is 0 Å². The highest BCUT2D eigenvalue weighted by Crippen LogP contribution is 2.56. The Bertz CT molecular complexity index is 980. The fourth-order valence-corrected chi connectivity index (χ4v) is 4.20. The molecule has 3 aromatic rings. The van der Waals surface area contributed by atoms with Crippen molar-refractivity contribution < 1.29 is 14.0 Å². The molecule has 0 saturated carbocycles. The molecule has 0 bridgehead atoms. The van der Waals surface area contributed by atoms with E-state index in [2.05, 4.69) is 15.5 Å². The van der Waals surface area contributed by atoms with Crippen LogP contribution in [0.4, 0.5) is 17.1 Å². The molecular weight excluding hydrogens is 397 g/mol. The van der Waals surface area contributed by atoms with Crippen molar-refractivity contribution in [2.24, 2.45) is 10.2 Å². The average Bonchev–Trinajstić information content (AvgIpc) is 2.78. The summed E-state index contributed by atoms with van der Waals surface area (Å²) < 4.78 is 18.3. The van der Waals surface area contributed by atoms with Crippen LogP contribution in [0, 0.1) is 0 Å². The van der Waals surface area contributed by atoms with Gasteiger partial charge < -0.3 is 14.7 Å². The number of hydrogen-bond acceptors (Lipinski definition) is 5. The van der Waals surface area contributed by atoms with E-state index in [0.717, 1.165) is 18.5 Å². The average molecular weight is 423 g/mol. The molecule has 6 nitrogen and oxygen atoms in total. The summed E-state index contributed by atoms with van der Waals surface area (Å²) in [5.41, 5.74) is 2.84. The van der Waals surface area contributed by atoms with Crippen LogP contribution in [0.1, 0.15) is 31.1 Å². The number of hydrogen-bond donors (Lipinski definition) is 2. The van der Waals surface area contributed by atoms with Gasteiger partial charge in [0.05, 0.1) is 18.0 Å². The molecule has 0 amide bonds. The highest BCUT2D eigenvalue weighted by atomic mass is 31.2. The zero-order valence-electron chi connectivity index (χ0n) is 16.9. The van der Waals surface area contributed by atoms with Gasteiger partial charge in [0.1, 0.15) is 0 Å². The van der Waals surface area contributed by atoms with Crippen LogP contribution in [0.5, 0.6) is 0 Å². The van der Waals surface area contributed by atoms with Crippen molar-refractivity contribution in [2.45, 2.75) is 25.5 Å². The van der Waals surface area contributed by atoms with Gasteiger partial charge >= 0.3 is 7.60 Å². The van der Waals surface area contributed by atoms with Gasteiger partial charge in [-0.05, 0) is 48.4 Å². The first kappa shape index (κ1) is 21.9. The lowest BCUT2D eigenvalue weighted by Gasteiger charge is -2.25. The number of unbranched alkanes of at least 4 members (excludes halogenated alkanes) is 1. The molecule has 0 fully saturated rings. The Hall–Kier alpha value is -2.79. The number of benzene rings is 3. The third kappa shape index (κ3) is 6.36. The molecule has 2 unspecified atom stereocenters. The predicted octanol–water partition coefficient (Wildman–Crippen LogP) is 7.21. The Kier molecular flexibility index (Phi) is 7.91. The summed E-state index contributed by atoms with van der Waals surface area (Å²) in [6.45, 7) is 2.25. The van der Waals surface area contributed by atoms with E-state index in [1.807, 2.05) is 67.6 Å². The second-order valence-electron chi connectivity index (χ2n) is 6.79. The topological polar surface area (TPSA) is 83.3 Å². The molecule has 0 aromatic heterocycles. The van der Waals surface area contributed by atoms with E-state index in [1.54, 1.807) is 24.3 Å². The highest BCUT2D eigenvalue weighted by Gasteiger charge is 2.33. The molecular formula is C23H26N3O3P. The quantitative estimate of drug-likeness (QED) is 0.205. The summed E-state index contributed by atoms with van der Waals surface area (Å²) in [5, 5.41) is 11.6. The summed E-state index contributed by atoms with van der Waals surface area (Å²) >= 11 is 0. The standard InChI is InChI=1S/C23H26N3O3P/c1-2-3-18-29-30(27,28)23(19-10-6-4-7-11-19)24-20-14-16-22(17-15-20)26-25-21-12-8-5-9-13-21/h4-17,23-24H,2-3,18H2,1H3,(H,27,28). The molecule has 0 saturated heterocycles. The Morgan fingerprint density at radius 1 is 0.900 bits per heavy atom. The molecule has 0 aliphatic rings. The van der Waals surface area contributed by atoms with E-state index in [-0.39, 0.29) is 6.61 Å². The van der Waals surface area contributed by atoms with Gasteiger partial charge in [-0.1, -0.05) is 61.9 Å². The fourth-order valence-electron chi connectivity index (χ4n) is 2.80. The van der Waals surface area contributed by atoms with Crippen molar-refractivity contribution in [2.75, 3.05) is 11.9 Å². The van der Waals surface area contributed by atoms with E-state index >= 15 is 0 Å².